The fourth-order valence-electron chi connectivity index (χ4n) is 6.12. The molecule has 0 radical (unpaired) electrons. The summed E-state index contributed by atoms with van der Waals surface area (Å²) < 4.78 is 13.2. The van der Waals surface area contributed by atoms with Gasteiger partial charge in [-0.05, 0) is 64.9 Å². The lowest BCUT2D eigenvalue weighted by Gasteiger charge is -2.31. The summed E-state index contributed by atoms with van der Waals surface area (Å²) in [5.41, 5.74) is 1.77. The van der Waals surface area contributed by atoms with Crippen LogP contribution in [0.25, 0.3) is 10.8 Å². The van der Waals surface area contributed by atoms with E-state index in [9.17, 15) is 19.2 Å². The Morgan fingerprint density at radius 2 is 1.61 bits per heavy atom. The number of rotatable bonds is 7. The molecule has 3 atom stereocenters. The molecule has 0 bridgehead atoms. The molecule has 2 aliphatic rings. The summed E-state index contributed by atoms with van der Waals surface area (Å²) >= 11 is 5.57. The van der Waals surface area contributed by atoms with E-state index in [0.29, 0.717) is 38.3 Å². The van der Waals surface area contributed by atoms with Crippen molar-refractivity contribution in [1.82, 2.24) is 4.57 Å². The zero-order chi connectivity index (χ0) is 32.1. The highest BCUT2D eigenvalue weighted by atomic mass is 79.9. The van der Waals surface area contributed by atoms with Gasteiger partial charge in [-0.15, -0.1) is 0 Å². The Morgan fingerprint density at radius 3 is 2.35 bits per heavy atom. The zero-order valence-electron chi connectivity index (χ0n) is 24.6. The Bertz CT molecular complexity index is 2090. The number of anilines is 2. The number of hydrogen-bond donors (Lipinski definition) is 1. The van der Waals surface area contributed by atoms with Crippen LogP contribution in [-0.2, 0) is 20.9 Å². The molecule has 3 heterocycles. The predicted octanol–water partition coefficient (Wildman–Crippen LogP) is 6.28. The van der Waals surface area contributed by atoms with E-state index in [-0.39, 0.29) is 29.1 Å². The number of methoxy groups -OCH3 is 2. The third kappa shape index (κ3) is 5.20. The van der Waals surface area contributed by atoms with E-state index in [1.807, 2.05) is 48.5 Å². The average Bonchev–Trinajstić information content (AvgIpc) is 3.50. The number of amides is 3. The minimum atomic E-state index is -0.814. The fourth-order valence-corrected chi connectivity index (χ4v) is 9.15. The second kappa shape index (κ2) is 12.1. The predicted molar refractivity (Wildman–Crippen MR) is 182 cm³/mol. The Hall–Kier alpha value is -4.39. The molecule has 0 saturated carbocycles. The maximum Gasteiger partial charge on any atom is 0.308 e. The van der Waals surface area contributed by atoms with Crippen LogP contribution < -0.4 is 24.6 Å². The SMILES string of the molecule is COc1ccc([C@H]2c3sc(=O)n(CC(=O)Nc4ccc5ccccc5c4)c3SC3C(=O)N(c4ccc(Br)cc4)C(=O)C32)cc1OC. The Labute approximate surface area is 280 Å². The first-order valence-corrected chi connectivity index (χ1v) is 16.8. The summed E-state index contributed by atoms with van der Waals surface area (Å²) in [6.07, 6.45) is 0. The van der Waals surface area contributed by atoms with Gasteiger partial charge in [0.2, 0.25) is 17.7 Å². The number of benzene rings is 4. The van der Waals surface area contributed by atoms with Gasteiger partial charge in [0.1, 0.15) is 11.8 Å². The highest BCUT2D eigenvalue weighted by Crippen LogP contribution is 2.54. The van der Waals surface area contributed by atoms with Gasteiger partial charge in [0.15, 0.2) is 11.5 Å². The molecule has 2 unspecified atom stereocenters. The summed E-state index contributed by atoms with van der Waals surface area (Å²) in [4.78, 5) is 56.5. The van der Waals surface area contributed by atoms with Crippen molar-refractivity contribution in [3.8, 4) is 11.5 Å². The number of carbonyl (C=O) groups is 3. The van der Waals surface area contributed by atoms with Crippen LogP contribution in [0.3, 0.4) is 0 Å². The number of thioether (sulfide) groups is 1. The van der Waals surface area contributed by atoms with Crippen molar-refractivity contribution in [1.29, 1.82) is 0 Å². The topological polar surface area (TPSA) is 107 Å². The van der Waals surface area contributed by atoms with Crippen molar-refractivity contribution in [2.75, 3.05) is 24.4 Å². The van der Waals surface area contributed by atoms with Crippen molar-refractivity contribution >= 4 is 78.9 Å². The van der Waals surface area contributed by atoms with Gasteiger partial charge in [-0.25, -0.2) is 4.90 Å². The van der Waals surface area contributed by atoms with Crippen LogP contribution >= 0.6 is 39.0 Å². The van der Waals surface area contributed by atoms with E-state index in [2.05, 4.69) is 21.2 Å². The second-order valence-electron chi connectivity index (χ2n) is 10.9. The molecule has 9 nitrogen and oxygen atoms in total. The first-order chi connectivity index (χ1) is 22.3. The number of hydrogen-bond acceptors (Lipinski definition) is 8. The smallest absolute Gasteiger partial charge is 0.308 e. The second-order valence-corrected chi connectivity index (χ2v) is 13.9. The van der Waals surface area contributed by atoms with Crippen molar-refractivity contribution in [2.24, 2.45) is 5.92 Å². The number of imide groups is 1. The molecule has 3 amide bonds. The molecule has 0 aliphatic carbocycles. The van der Waals surface area contributed by atoms with Gasteiger partial charge < -0.3 is 14.8 Å². The molecule has 1 fully saturated rings. The summed E-state index contributed by atoms with van der Waals surface area (Å²) in [7, 11) is 3.06. The van der Waals surface area contributed by atoms with Crippen LogP contribution in [0.1, 0.15) is 16.4 Å². The molecule has 7 rings (SSSR count). The molecule has 232 valence electrons. The Kier molecular flexibility index (Phi) is 7.95. The van der Waals surface area contributed by atoms with Crippen molar-refractivity contribution in [3.63, 3.8) is 0 Å². The first kappa shape index (κ1) is 30.3. The third-order valence-corrected chi connectivity index (χ3v) is 11.4. The van der Waals surface area contributed by atoms with Crippen LogP contribution in [0.5, 0.6) is 11.5 Å². The molecule has 2 aliphatic heterocycles. The van der Waals surface area contributed by atoms with E-state index in [1.54, 1.807) is 36.4 Å². The lowest BCUT2D eigenvalue weighted by atomic mass is 9.83. The monoisotopic (exact) mass is 715 g/mol. The largest absolute Gasteiger partial charge is 0.493 e. The van der Waals surface area contributed by atoms with Crippen LogP contribution in [0.4, 0.5) is 11.4 Å². The number of carbonyl (C=O) groups excluding carboxylic acids is 3. The van der Waals surface area contributed by atoms with Crippen LogP contribution in [0.15, 0.2) is 99.2 Å². The molecule has 1 N–H and O–H groups in total. The summed E-state index contributed by atoms with van der Waals surface area (Å²) in [6, 6.07) is 25.8. The molecule has 5 aromatic rings. The van der Waals surface area contributed by atoms with Gasteiger partial charge in [0.05, 0.1) is 30.9 Å². The van der Waals surface area contributed by atoms with Gasteiger partial charge in [-0.2, -0.15) is 0 Å². The van der Waals surface area contributed by atoms with Crippen molar-refractivity contribution in [2.45, 2.75) is 22.7 Å². The maximum absolute atomic E-state index is 14.2. The van der Waals surface area contributed by atoms with Gasteiger partial charge in [-0.1, -0.05) is 75.4 Å². The van der Waals surface area contributed by atoms with Crippen LogP contribution in [0.2, 0.25) is 0 Å². The Balaban J connectivity index is 1.28. The number of nitrogens with zero attached hydrogens (tertiary/aromatic N) is 2. The number of fused-ring (bicyclic) bond motifs is 3. The summed E-state index contributed by atoms with van der Waals surface area (Å²) in [6.45, 7) is -0.251. The minimum Gasteiger partial charge on any atom is -0.493 e. The van der Waals surface area contributed by atoms with E-state index >= 15 is 0 Å². The number of nitrogens with one attached hydrogen (secondary N) is 1. The van der Waals surface area contributed by atoms with E-state index in [1.165, 1.54) is 35.4 Å². The number of halogens is 1. The molecule has 1 saturated heterocycles. The van der Waals surface area contributed by atoms with Crippen LogP contribution in [-0.4, -0.2) is 41.8 Å². The molecule has 4 aromatic carbocycles. The van der Waals surface area contributed by atoms with Gasteiger partial charge >= 0.3 is 4.87 Å². The zero-order valence-corrected chi connectivity index (χ0v) is 27.8. The lowest BCUT2D eigenvalue weighted by Crippen LogP contribution is -2.33. The van der Waals surface area contributed by atoms with Crippen molar-refractivity contribution in [3.05, 3.63) is 110 Å². The third-order valence-electron chi connectivity index (χ3n) is 8.24. The van der Waals surface area contributed by atoms with E-state index < -0.39 is 17.1 Å². The fraction of sp³-hybridized carbons (Fsp3) is 0.176. The summed E-state index contributed by atoms with van der Waals surface area (Å²) in [5, 5.41) is 4.62. The van der Waals surface area contributed by atoms with E-state index in [0.717, 1.165) is 26.6 Å². The highest BCUT2D eigenvalue weighted by molar-refractivity contribution is 9.10. The number of ether oxygens (including phenoxy) is 2. The molecule has 1 aromatic heterocycles. The quantitative estimate of drug-likeness (QED) is 0.198. The number of aromatic nitrogens is 1. The molecule has 12 heteroatoms. The molecular weight excluding hydrogens is 690 g/mol. The Morgan fingerprint density at radius 1 is 0.870 bits per heavy atom. The minimum absolute atomic E-state index is 0.251. The molecule has 0 spiro atoms. The number of thiazole rings is 1. The van der Waals surface area contributed by atoms with E-state index in [4.69, 9.17) is 9.47 Å². The lowest BCUT2D eigenvalue weighted by molar-refractivity contribution is -0.122. The summed E-state index contributed by atoms with van der Waals surface area (Å²) in [5.74, 6) is -1.56. The van der Waals surface area contributed by atoms with Crippen LogP contribution in [0, 0.1) is 5.92 Å². The highest BCUT2D eigenvalue weighted by Gasteiger charge is 2.57. The standard InChI is InChI=1S/C34H26BrN3O6S2/c1-43-24-14-8-20(16-25(24)44-2)27-28-29(32(41)38(31(28)40)23-12-9-21(35)10-13-23)45-33-30(27)46-34(42)37(33)17-26(39)36-22-11-7-18-5-3-4-6-19(18)15-22/h3-16,27-29H,17H2,1-2H3,(H,36,39)/t27-,28?,29?/m1/s1. The van der Waals surface area contributed by atoms with Gasteiger partial charge in [-0.3, -0.25) is 23.7 Å². The van der Waals surface area contributed by atoms with Crippen molar-refractivity contribution < 1.29 is 23.9 Å². The molecular formula is C34H26BrN3O6S2. The molecule has 46 heavy (non-hydrogen) atoms. The average molecular weight is 717 g/mol. The first-order valence-electron chi connectivity index (χ1n) is 14.3. The normalized spacial score (nSPS) is 18.8. The maximum atomic E-state index is 14.2. The van der Waals surface area contributed by atoms with Gasteiger partial charge in [0.25, 0.3) is 0 Å². The van der Waals surface area contributed by atoms with Gasteiger partial charge in [0, 0.05) is 21.0 Å².